The van der Waals surface area contributed by atoms with Gasteiger partial charge in [-0.2, -0.15) is 0 Å². The molecule has 0 bridgehead atoms. The molecule has 2 atom stereocenters. The van der Waals surface area contributed by atoms with Crippen LogP contribution < -0.4 is 10.6 Å². The SMILES string of the molecule is Cc1ccc(N2CCN(C(=O)[C@H](C)Cc3ccc(Cl)cc3C)CC2)c([C@@H](N)C(C)C)c1. The van der Waals surface area contributed by atoms with E-state index >= 15 is 0 Å². The minimum Gasteiger partial charge on any atom is -0.368 e. The van der Waals surface area contributed by atoms with Gasteiger partial charge in [0.15, 0.2) is 0 Å². The van der Waals surface area contributed by atoms with Crippen LogP contribution >= 0.6 is 11.6 Å². The topological polar surface area (TPSA) is 49.6 Å². The number of hydrogen-bond donors (Lipinski definition) is 1. The van der Waals surface area contributed by atoms with E-state index in [1.54, 1.807) is 0 Å². The van der Waals surface area contributed by atoms with Crippen LogP contribution in [-0.2, 0) is 11.2 Å². The lowest BCUT2D eigenvalue weighted by Crippen LogP contribution is -2.50. The summed E-state index contributed by atoms with van der Waals surface area (Å²) in [5.74, 6) is 0.563. The van der Waals surface area contributed by atoms with E-state index < -0.39 is 0 Å². The number of hydrogen-bond acceptors (Lipinski definition) is 3. The first-order chi connectivity index (χ1) is 14.7. The highest BCUT2D eigenvalue weighted by Crippen LogP contribution is 2.31. The van der Waals surface area contributed by atoms with Gasteiger partial charge in [0.1, 0.15) is 0 Å². The van der Waals surface area contributed by atoms with E-state index in [0.29, 0.717) is 5.92 Å². The summed E-state index contributed by atoms with van der Waals surface area (Å²) in [6.45, 7) is 13.7. The maximum Gasteiger partial charge on any atom is 0.225 e. The number of benzene rings is 2. The predicted octanol–water partition coefficient (Wildman–Crippen LogP) is 5.14. The van der Waals surface area contributed by atoms with Gasteiger partial charge < -0.3 is 15.5 Å². The standard InChI is InChI=1S/C26H36ClN3O/c1-17(2)25(28)23-14-18(3)6-9-24(23)29-10-12-30(13-11-29)26(31)20(5)15-21-7-8-22(27)16-19(21)4/h6-9,14,16-17,20,25H,10-13,15,28H2,1-5H3/t20-,25+/m1/s1. The molecule has 0 saturated carbocycles. The Morgan fingerprint density at radius 2 is 1.71 bits per heavy atom. The lowest BCUT2D eigenvalue weighted by Gasteiger charge is -2.39. The number of anilines is 1. The molecule has 2 aromatic carbocycles. The van der Waals surface area contributed by atoms with Crippen LogP contribution in [0.25, 0.3) is 0 Å². The lowest BCUT2D eigenvalue weighted by atomic mass is 9.93. The number of halogens is 1. The molecule has 168 valence electrons. The molecule has 2 aromatic rings. The van der Waals surface area contributed by atoms with E-state index in [1.807, 2.05) is 30.0 Å². The van der Waals surface area contributed by atoms with Crippen molar-refractivity contribution in [1.82, 2.24) is 4.90 Å². The van der Waals surface area contributed by atoms with Crippen molar-refractivity contribution in [1.29, 1.82) is 0 Å². The Bertz CT molecular complexity index is 919. The van der Waals surface area contributed by atoms with Gasteiger partial charge in [-0.15, -0.1) is 0 Å². The number of piperazine rings is 1. The summed E-state index contributed by atoms with van der Waals surface area (Å²) in [5, 5.41) is 0.740. The van der Waals surface area contributed by atoms with Crippen LogP contribution in [0.15, 0.2) is 36.4 Å². The third-order valence-electron chi connectivity index (χ3n) is 6.44. The summed E-state index contributed by atoms with van der Waals surface area (Å²) in [5.41, 5.74) is 12.5. The maximum atomic E-state index is 13.1. The normalized spacial score (nSPS) is 16.5. The molecular weight excluding hydrogens is 406 g/mol. The second kappa shape index (κ2) is 10.1. The molecule has 31 heavy (non-hydrogen) atoms. The molecule has 1 aliphatic heterocycles. The number of nitrogens with zero attached hydrogens (tertiary/aromatic N) is 2. The molecular formula is C26H36ClN3O. The van der Waals surface area contributed by atoms with Crippen LogP contribution in [-0.4, -0.2) is 37.0 Å². The van der Waals surface area contributed by atoms with Crippen molar-refractivity contribution in [2.45, 2.75) is 47.1 Å². The number of carbonyl (C=O) groups is 1. The van der Waals surface area contributed by atoms with Gasteiger partial charge in [-0.3, -0.25) is 4.79 Å². The fraction of sp³-hybridized carbons (Fsp3) is 0.500. The highest BCUT2D eigenvalue weighted by molar-refractivity contribution is 6.30. The van der Waals surface area contributed by atoms with Crippen molar-refractivity contribution in [2.24, 2.45) is 17.6 Å². The van der Waals surface area contributed by atoms with Crippen molar-refractivity contribution in [3.63, 3.8) is 0 Å². The van der Waals surface area contributed by atoms with Gasteiger partial charge in [-0.25, -0.2) is 0 Å². The summed E-state index contributed by atoms with van der Waals surface area (Å²) >= 11 is 6.07. The van der Waals surface area contributed by atoms with E-state index in [0.717, 1.165) is 43.2 Å². The molecule has 0 unspecified atom stereocenters. The second-order valence-corrected chi connectivity index (χ2v) is 9.76. The first-order valence-electron chi connectivity index (χ1n) is 11.3. The van der Waals surface area contributed by atoms with Gasteiger partial charge in [0.2, 0.25) is 5.91 Å². The predicted molar refractivity (Wildman–Crippen MR) is 131 cm³/mol. The fourth-order valence-electron chi connectivity index (χ4n) is 4.37. The van der Waals surface area contributed by atoms with Crippen LogP contribution in [0, 0.1) is 25.7 Å². The van der Waals surface area contributed by atoms with Gasteiger partial charge in [-0.1, -0.05) is 56.1 Å². The van der Waals surface area contributed by atoms with Gasteiger partial charge in [-0.05, 0) is 61.1 Å². The molecule has 1 fully saturated rings. The minimum atomic E-state index is -0.0456. The first kappa shape index (κ1) is 23.6. The number of rotatable bonds is 6. The fourth-order valence-corrected chi connectivity index (χ4v) is 4.60. The number of nitrogens with two attached hydrogens (primary N) is 1. The Morgan fingerprint density at radius 1 is 1.03 bits per heavy atom. The molecule has 1 saturated heterocycles. The van der Waals surface area contributed by atoms with E-state index in [4.69, 9.17) is 17.3 Å². The first-order valence-corrected chi connectivity index (χ1v) is 11.7. The molecule has 1 aliphatic rings. The Balaban J connectivity index is 1.65. The number of carbonyl (C=O) groups excluding carboxylic acids is 1. The van der Waals surface area contributed by atoms with Crippen LogP contribution in [0.4, 0.5) is 5.69 Å². The quantitative estimate of drug-likeness (QED) is 0.675. The molecule has 2 N–H and O–H groups in total. The zero-order valence-corrected chi connectivity index (χ0v) is 20.2. The third-order valence-corrected chi connectivity index (χ3v) is 6.68. The zero-order valence-electron chi connectivity index (χ0n) is 19.5. The van der Waals surface area contributed by atoms with E-state index in [1.165, 1.54) is 22.4 Å². The molecule has 1 amide bonds. The third kappa shape index (κ3) is 5.61. The number of aryl methyl sites for hydroxylation is 2. The van der Waals surface area contributed by atoms with Crippen molar-refractivity contribution >= 4 is 23.2 Å². The molecule has 0 aliphatic carbocycles. The summed E-state index contributed by atoms with van der Waals surface area (Å²) < 4.78 is 0. The largest absolute Gasteiger partial charge is 0.368 e. The Kier molecular flexibility index (Phi) is 7.66. The molecule has 0 radical (unpaired) electrons. The van der Waals surface area contributed by atoms with E-state index in [2.05, 4.69) is 50.8 Å². The average molecular weight is 442 g/mol. The Labute approximate surface area is 192 Å². The molecule has 5 heteroatoms. The van der Waals surface area contributed by atoms with Crippen LogP contribution in [0.2, 0.25) is 5.02 Å². The summed E-state index contributed by atoms with van der Waals surface area (Å²) in [7, 11) is 0. The van der Waals surface area contributed by atoms with Gasteiger partial charge in [0.25, 0.3) is 0 Å². The molecule has 3 rings (SSSR count). The van der Waals surface area contributed by atoms with E-state index in [9.17, 15) is 4.79 Å². The maximum absolute atomic E-state index is 13.1. The van der Waals surface area contributed by atoms with Crippen LogP contribution in [0.1, 0.15) is 49.1 Å². The van der Waals surface area contributed by atoms with Gasteiger partial charge >= 0.3 is 0 Å². The summed E-state index contributed by atoms with van der Waals surface area (Å²) in [4.78, 5) is 17.5. The van der Waals surface area contributed by atoms with Crippen molar-refractivity contribution in [3.05, 3.63) is 63.7 Å². The highest BCUT2D eigenvalue weighted by Gasteiger charge is 2.27. The molecule has 1 heterocycles. The minimum absolute atomic E-state index is 0.0113. The Morgan fingerprint density at radius 3 is 2.32 bits per heavy atom. The summed E-state index contributed by atoms with van der Waals surface area (Å²) in [6, 6.07) is 12.5. The lowest BCUT2D eigenvalue weighted by molar-refractivity contribution is -0.135. The smallest absolute Gasteiger partial charge is 0.225 e. The molecule has 4 nitrogen and oxygen atoms in total. The van der Waals surface area contributed by atoms with Crippen molar-refractivity contribution in [2.75, 3.05) is 31.1 Å². The second-order valence-electron chi connectivity index (χ2n) is 9.32. The van der Waals surface area contributed by atoms with Crippen LogP contribution in [0.3, 0.4) is 0 Å². The molecule has 0 aromatic heterocycles. The van der Waals surface area contributed by atoms with E-state index in [-0.39, 0.29) is 17.9 Å². The summed E-state index contributed by atoms with van der Waals surface area (Å²) in [6.07, 6.45) is 0.743. The van der Waals surface area contributed by atoms with Gasteiger partial charge in [0, 0.05) is 48.8 Å². The average Bonchev–Trinajstić information content (AvgIpc) is 2.74. The molecule has 0 spiro atoms. The van der Waals surface area contributed by atoms with Crippen molar-refractivity contribution in [3.8, 4) is 0 Å². The van der Waals surface area contributed by atoms with Gasteiger partial charge in [0.05, 0.1) is 0 Å². The zero-order chi connectivity index (χ0) is 22.7. The van der Waals surface area contributed by atoms with Crippen molar-refractivity contribution < 1.29 is 4.79 Å². The Hall–Kier alpha value is -2.04. The highest BCUT2D eigenvalue weighted by atomic mass is 35.5. The van der Waals surface area contributed by atoms with Crippen LogP contribution in [0.5, 0.6) is 0 Å². The number of amides is 1. The monoisotopic (exact) mass is 441 g/mol.